The fourth-order valence-corrected chi connectivity index (χ4v) is 4.49. The topological polar surface area (TPSA) is 84.9 Å². The standard InChI is InChI=1S/C19H20N2O5S/c1-2-27(23,24)21-9-3-4-13-5-7-15(11-16(13)21)20-19(22)14-6-8-17-18(10-14)26-12-25-17/h5-8,10-11H,2-4,9,12H2,1H3,(H,20,22). The highest BCUT2D eigenvalue weighted by molar-refractivity contribution is 7.92. The van der Waals surface area contributed by atoms with Gasteiger partial charge in [0.25, 0.3) is 5.91 Å². The highest BCUT2D eigenvalue weighted by Gasteiger charge is 2.26. The van der Waals surface area contributed by atoms with Crippen molar-refractivity contribution in [2.75, 3.05) is 28.7 Å². The number of benzene rings is 2. The molecule has 0 fully saturated rings. The maximum atomic E-state index is 12.6. The number of fused-ring (bicyclic) bond motifs is 2. The van der Waals surface area contributed by atoms with Crippen molar-refractivity contribution in [3.8, 4) is 11.5 Å². The summed E-state index contributed by atoms with van der Waals surface area (Å²) in [6.07, 6.45) is 1.61. The van der Waals surface area contributed by atoms with Crippen molar-refractivity contribution in [2.45, 2.75) is 19.8 Å². The average Bonchev–Trinajstić information content (AvgIpc) is 3.15. The predicted molar refractivity (Wildman–Crippen MR) is 102 cm³/mol. The number of ether oxygens (including phenoxy) is 2. The van der Waals surface area contributed by atoms with Crippen LogP contribution in [0.15, 0.2) is 36.4 Å². The zero-order chi connectivity index (χ0) is 19.0. The lowest BCUT2D eigenvalue weighted by molar-refractivity contribution is 0.102. The Morgan fingerprint density at radius 3 is 2.78 bits per heavy atom. The lowest BCUT2D eigenvalue weighted by Gasteiger charge is -2.30. The second kappa shape index (κ2) is 6.77. The minimum absolute atomic E-state index is 0.0419. The summed E-state index contributed by atoms with van der Waals surface area (Å²) in [5.74, 6) is 0.892. The first-order valence-electron chi connectivity index (χ1n) is 8.82. The number of carbonyl (C=O) groups is 1. The number of aryl methyl sites for hydroxylation is 1. The van der Waals surface area contributed by atoms with Crippen molar-refractivity contribution in [3.63, 3.8) is 0 Å². The normalized spacial score (nSPS) is 15.4. The van der Waals surface area contributed by atoms with Gasteiger partial charge in [0.1, 0.15) is 0 Å². The molecule has 2 aliphatic rings. The van der Waals surface area contributed by atoms with Crippen LogP contribution in [0, 0.1) is 0 Å². The quantitative estimate of drug-likeness (QED) is 0.871. The first kappa shape index (κ1) is 17.7. The summed E-state index contributed by atoms with van der Waals surface area (Å²) in [5, 5.41) is 2.83. The molecule has 8 heteroatoms. The van der Waals surface area contributed by atoms with E-state index < -0.39 is 10.0 Å². The highest BCUT2D eigenvalue weighted by Crippen LogP contribution is 2.34. The van der Waals surface area contributed by atoms with Gasteiger partial charge in [-0.25, -0.2) is 8.42 Å². The van der Waals surface area contributed by atoms with E-state index in [2.05, 4.69) is 5.32 Å². The molecule has 0 bridgehead atoms. The first-order valence-corrected chi connectivity index (χ1v) is 10.4. The zero-order valence-corrected chi connectivity index (χ0v) is 15.7. The van der Waals surface area contributed by atoms with Gasteiger partial charge in [-0.3, -0.25) is 9.10 Å². The minimum Gasteiger partial charge on any atom is -0.454 e. The molecule has 7 nitrogen and oxygen atoms in total. The summed E-state index contributed by atoms with van der Waals surface area (Å²) in [7, 11) is -3.35. The van der Waals surface area contributed by atoms with E-state index in [1.54, 1.807) is 37.3 Å². The molecule has 2 aliphatic heterocycles. The number of nitrogens with one attached hydrogen (secondary N) is 1. The first-order chi connectivity index (χ1) is 13.0. The van der Waals surface area contributed by atoms with Crippen LogP contribution in [0.1, 0.15) is 29.3 Å². The molecule has 27 heavy (non-hydrogen) atoms. The highest BCUT2D eigenvalue weighted by atomic mass is 32.2. The second-order valence-electron chi connectivity index (χ2n) is 6.44. The fraction of sp³-hybridized carbons (Fsp3) is 0.316. The van der Waals surface area contributed by atoms with E-state index in [9.17, 15) is 13.2 Å². The largest absolute Gasteiger partial charge is 0.454 e. The van der Waals surface area contributed by atoms with Crippen LogP contribution in [0.5, 0.6) is 11.5 Å². The van der Waals surface area contributed by atoms with Gasteiger partial charge in [0, 0.05) is 17.8 Å². The van der Waals surface area contributed by atoms with E-state index in [4.69, 9.17) is 9.47 Å². The van der Waals surface area contributed by atoms with Gasteiger partial charge in [-0.15, -0.1) is 0 Å². The van der Waals surface area contributed by atoms with Crippen molar-refractivity contribution >= 4 is 27.3 Å². The Morgan fingerprint density at radius 1 is 1.15 bits per heavy atom. The lowest BCUT2D eigenvalue weighted by Crippen LogP contribution is -2.36. The number of anilines is 2. The molecule has 0 aliphatic carbocycles. The molecule has 2 heterocycles. The molecule has 142 valence electrons. The van der Waals surface area contributed by atoms with Crippen LogP contribution in [0.3, 0.4) is 0 Å². The van der Waals surface area contributed by atoms with Crippen molar-refractivity contribution in [1.82, 2.24) is 0 Å². The summed E-state index contributed by atoms with van der Waals surface area (Å²) < 4.78 is 36.8. The van der Waals surface area contributed by atoms with Gasteiger partial charge in [0.15, 0.2) is 11.5 Å². The number of rotatable bonds is 4. The molecule has 2 aromatic carbocycles. The molecule has 1 N–H and O–H groups in total. The number of nitrogens with zero attached hydrogens (tertiary/aromatic N) is 1. The maximum absolute atomic E-state index is 12.6. The Labute approximate surface area is 157 Å². The molecule has 0 saturated carbocycles. The minimum atomic E-state index is -3.35. The van der Waals surface area contributed by atoms with E-state index in [1.807, 2.05) is 6.07 Å². The number of amides is 1. The molecular formula is C19H20N2O5S. The molecule has 2 aromatic rings. The van der Waals surface area contributed by atoms with E-state index in [0.717, 1.165) is 18.4 Å². The summed E-state index contributed by atoms with van der Waals surface area (Å²) in [6, 6.07) is 10.4. The molecule has 0 aromatic heterocycles. The second-order valence-corrected chi connectivity index (χ2v) is 8.62. The van der Waals surface area contributed by atoms with E-state index in [0.29, 0.717) is 35.0 Å². The summed E-state index contributed by atoms with van der Waals surface area (Å²) in [5.41, 5.74) is 2.61. The van der Waals surface area contributed by atoms with Crippen molar-refractivity contribution in [2.24, 2.45) is 0 Å². The molecular weight excluding hydrogens is 368 g/mol. The third kappa shape index (κ3) is 3.32. The van der Waals surface area contributed by atoms with Crippen LogP contribution < -0.4 is 19.1 Å². The number of hydrogen-bond donors (Lipinski definition) is 1. The van der Waals surface area contributed by atoms with E-state index >= 15 is 0 Å². The molecule has 0 radical (unpaired) electrons. The number of sulfonamides is 1. The molecule has 0 saturated heterocycles. The lowest BCUT2D eigenvalue weighted by atomic mass is 10.0. The van der Waals surface area contributed by atoms with Gasteiger partial charge in [-0.1, -0.05) is 6.07 Å². The maximum Gasteiger partial charge on any atom is 0.255 e. The Hall–Kier alpha value is -2.74. The average molecular weight is 388 g/mol. The van der Waals surface area contributed by atoms with Gasteiger partial charge in [0.05, 0.1) is 11.4 Å². The van der Waals surface area contributed by atoms with Crippen LogP contribution in [-0.2, 0) is 16.4 Å². The summed E-state index contributed by atoms with van der Waals surface area (Å²) in [6.45, 7) is 2.24. The molecule has 1 amide bonds. The van der Waals surface area contributed by atoms with Gasteiger partial charge in [0.2, 0.25) is 16.8 Å². The smallest absolute Gasteiger partial charge is 0.255 e. The van der Waals surface area contributed by atoms with E-state index in [1.165, 1.54) is 4.31 Å². The Balaban J connectivity index is 1.60. The van der Waals surface area contributed by atoms with Gasteiger partial charge >= 0.3 is 0 Å². The third-order valence-corrected chi connectivity index (χ3v) is 6.53. The fourth-order valence-electron chi connectivity index (χ4n) is 3.30. The molecule has 0 unspecified atom stereocenters. The Kier molecular flexibility index (Phi) is 4.43. The van der Waals surface area contributed by atoms with Crippen molar-refractivity contribution in [1.29, 1.82) is 0 Å². The molecule has 4 rings (SSSR count). The van der Waals surface area contributed by atoms with Crippen molar-refractivity contribution in [3.05, 3.63) is 47.5 Å². The Bertz CT molecular complexity index is 1000. The van der Waals surface area contributed by atoms with E-state index in [-0.39, 0.29) is 18.5 Å². The molecule has 0 spiro atoms. The van der Waals surface area contributed by atoms with Crippen LogP contribution in [0.25, 0.3) is 0 Å². The van der Waals surface area contributed by atoms with Crippen LogP contribution >= 0.6 is 0 Å². The van der Waals surface area contributed by atoms with Gasteiger partial charge in [-0.05, 0) is 55.7 Å². The van der Waals surface area contributed by atoms with Crippen LogP contribution in [0.4, 0.5) is 11.4 Å². The van der Waals surface area contributed by atoms with Crippen LogP contribution in [0.2, 0.25) is 0 Å². The van der Waals surface area contributed by atoms with Crippen molar-refractivity contribution < 1.29 is 22.7 Å². The third-order valence-electron chi connectivity index (χ3n) is 4.75. The Morgan fingerprint density at radius 2 is 1.96 bits per heavy atom. The number of carbonyl (C=O) groups excluding carboxylic acids is 1. The monoisotopic (exact) mass is 388 g/mol. The number of hydrogen-bond acceptors (Lipinski definition) is 5. The predicted octanol–water partition coefficient (Wildman–Crippen LogP) is 2.77. The SMILES string of the molecule is CCS(=O)(=O)N1CCCc2ccc(NC(=O)c3ccc4c(c3)OCO4)cc21. The zero-order valence-electron chi connectivity index (χ0n) is 14.9. The molecule has 0 atom stereocenters. The summed E-state index contributed by atoms with van der Waals surface area (Å²) >= 11 is 0. The summed E-state index contributed by atoms with van der Waals surface area (Å²) in [4.78, 5) is 12.6. The van der Waals surface area contributed by atoms with Crippen LogP contribution in [-0.4, -0.2) is 33.4 Å². The van der Waals surface area contributed by atoms with Gasteiger partial charge < -0.3 is 14.8 Å². The van der Waals surface area contributed by atoms with Gasteiger partial charge in [-0.2, -0.15) is 0 Å².